The van der Waals surface area contributed by atoms with Crippen LogP contribution in [0.15, 0.2) is 53.4 Å². The molecule has 22 heavy (non-hydrogen) atoms. The Hall–Kier alpha value is -2.41. The van der Waals surface area contributed by atoms with Crippen LogP contribution in [0.1, 0.15) is 17.3 Å². The Balaban J connectivity index is 2.16. The van der Waals surface area contributed by atoms with E-state index in [1.165, 1.54) is 24.3 Å². The first-order chi connectivity index (χ1) is 10.4. The van der Waals surface area contributed by atoms with Gasteiger partial charge in [0, 0.05) is 0 Å². The molecule has 0 saturated heterocycles. The van der Waals surface area contributed by atoms with Gasteiger partial charge in [-0.25, -0.2) is 9.18 Å². The molecule has 2 rings (SSSR count). The minimum Gasteiger partial charge on any atom is -0.462 e. The molecule has 0 atom stereocenters. The van der Waals surface area contributed by atoms with Crippen LogP contribution in [0.3, 0.4) is 0 Å². The van der Waals surface area contributed by atoms with Crippen molar-refractivity contribution in [1.29, 1.82) is 0 Å². The molecule has 2 aromatic carbocycles. The van der Waals surface area contributed by atoms with E-state index in [4.69, 9.17) is 8.92 Å². The van der Waals surface area contributed by atoms with Gasteiger partial charge in [-0.05, 0) is 55.5 Å². The van der Waals surface area contributed by atoms with Gasteiger partial charge in [-0.15, -0.1) is 0 Å². The van der Waals surface area contributed by atoms with Crippen molar-refractivity contribution in [2.45, 2.75) is 11.8 Å². The summed E-state index contributed by atoms with van der Waals surface area (Å²) in [6.45, 7) is 1.93. The van der Waals surface area contributed by atoms with E-state index in [2.05, 4.69) is 0 Å². The molecule has 0 amide bonds. The minimum absolute atomic E-state index is 0.0392. The maximum absolute atomic E-state index is 12.8. The Morgan fingerprint density at radius 1 is 1.05 bits per heavy atom. The molecular formula is C15H13FO5S. The lowest BCUT2D eigenvalue weighted by Crippen LogP contribution is -2.10. The van der Waals surface area contributed by atoms with Crippen LogP contribution in [-0.2, 0) is 14.9 Å². The van der Waals surface area contributed by atoms with Crippen LogP contribution in [0.4, 0.5) is 4.39 Å². The smallest absolute Gasteiger partial charge is 0.339 e. The molecule has 0 spiro atoms. The zero-order chi connectivity index (χ0) is 16.2. The minimum atomic E-state index is -4.06. The van der Waals surface area contributed by atoms with Crippen molar-refractivity contribution in [3.63, 3.8) is 0 Å². The summed E-state index contributed by atoms with van der Waals surface area (Å²) in [5, 5.41) is 0. The van der Waals surface area contributed by atoms with Crippen LogP contribution in [0.5, 0.6) is 5.75 Å². The highest BCUT2D eigenvalue weighted by molar-refractivity contribution is 7.87. The third-order valence-electron chi connectivity index (χ3n) is 2.67. The predicted molar refractivity (Wildman–Crippen MR) is 76.6 cm³/mol. The van der Waals surface area contributed by atoms with Gasteiger partial charge in [0.05, 0.1) is 12.2 Å². The van der Waals surface area contributed by atoms with Gasteiger partial charge in [-0.3, -0.25) is 0 Å². The summed E-state index contributed by atoms with van der Waals surface area (Å²) in [6.07, 6.45) is 0. The highest BCUT2D eigenvalue weighted by Crippen LogP contribution is 2.19. The first-order valence-electron chi connectivity index (χ1n) is 6.39. The molecule has 0 radical (unpaired) electrons. The molecule has 0 N–H and O–H groups in total. The molecule has 0 fully saturated rings. The number of hydrogen-bond acceptors (Lipinski definition) is 5. The van der Waals surface area contributed by atoms with E-state index in [-0.39, 0.29) is 22.8 Å². The second-order valence-corrected chi connectivity index (χ2v) is 5.78. The third kappa shape index (κ3) is 3.82. The summed E-state index contributed by atoms with van der Waals surface area (Å²) in [4.78, 5) is 11.3. The van der Waals surface area contributed by atoms with E-state index < -0.39 is 21.9 Å². The Kier molecular flexibility index (Phi) is 4.77. The first kappa shape index (κ1) is 16.0. The van der Waals surface area contributed by atoms with Crippen molar-refractivity contribution in [2.75, 3.05) is 6.61 Å². The van der Waals surface area contributed by atoms with Crippen molar-refractivity contribution in [3.05, 3.63) is 59.9 Å². The number of esters is 1. The Morgan fingerprint density at radius 3 is 2.18 bits per heavy atom. The van der Waals surface area contributed by atoms with Gasteiger partial charge in [0.2, 0.25) is 0 Å². The zero-order valence-corrected chi connectivity index (χ0v) is 12.5. The van der Waals surface area contributed by atoms with Gasteiger partial charge in [-0.2, -0.15) is 8.42 Å². The van der Waals surface area contributed by atoms with Crippen molar-refractivity contribution in [2.24, 2.45) is 0 Å². The van der Waals surface area contributed by atoms with Crippen molar-refractivity contribution >= 4 is 16.1 Å². The monoisotopic (exact) mass is 324 g/mol. The summed E-state index contributed by atoms with van der Waals surface area (Å²) in [6, 6.07) is 9.75. The van der Waals surface area contributed by atoms with E-state index >= 15 is 0 Å². The standard InChI is InChI=1S/C15H13FO5S/c1-2-20-15(17)11-3-7-13(8-4-11)21-22(18,19)14-9-5-12(16)6-10-14/h3-10H,2H2,1H3. The maximum Gasteiger partial charge on any atom is 0.339 e. The van der Waals surface area contributed by atoms with Gasteiger partial charge in [0.15, 0.2) is 0 Å². The van der Waals surface area contributed by atoms with Gasteiger partial charge >= 0.3 is 16.1 Å². The number of hydrogen-bond donors (Lipinski definition) is 0. The molecular weight excluding hydrogens is 311 g/mol. The third-order valence-corrected chi connectivity index (χ3v) is 3.94. The number of rotatable bonds is 5. The van der Waals surface area contributed by atoms with Gasteiger partial charge < -0.3 is 8.92 Å². The molecule has 0 unspecified atom stereocenters. The van der Waals surface area contributed by atoms with Gasteiger partial charge in [-0.1, -0.05) is 0 Å². The van der Waals surface area contributed by atoms with Gasteiger partial charge in [0.1, 0.15) is 16.5 Å². The molecule has 5 nitrogen and oxygen atoms in total. The molecule has 0 bridgehead atoms. The number of halogens is 1. The summed E-state index contributed by atoms with van der Waals surface area (Å²) < 4.78 is 46.5. The van der Waals surface area contributed by atoms with Crippen molar-refractivity contribution in [3.8, 4) is 5.75 Å². The fraction of sp³-hybridized carbons (Fsp3) is 0.133. The molecule has 0 aliphatic rings. The second-order valence-electron chi connectivity index (χ2n) is 4.24. The number of carbonyl (C=O) groups is 1. The van der Waals surface area contributed by atoms with Crippen LogP contribution in [0.2, 0.25) is 0 Å². The summed E-state index contributed by atoms with van der Waals surface area (Å²) in [7, 11) is -4.06. The zero-order valence-electron chi connectivity index (χ0n) is 11.7. The molecule has 0 aliphatic heterocycles. The number of ether oxygens (including phenoxy) is 1. The Morgan fingerprint density at radius 2 is 1.64 bits per heavy atom. The second kappa shape index (κ2) is 6.57. The topological polar surface area (TPSA) is 69.7 Å². The van der Waals surface area contributed by atoms with E-state index in [1.807, 2.05) is 0 Å². The van der Waals surface area contributed by atoms with E-state index in [9.17, 15) is 17.6 Å². The maximum atomic E-state index is 12.8. The summed E-state index contributed by atoms with van der Waals surface area (Å²) >= 11 is 0. The summed E-state index contributed by atoms with van der Waals surface area (Å²) in [5.74, 6) is -1.01. The highest BCUT2D eigenvalue weighted by atomic mass is 32.2. The van der Waals surface area contributed by atoms with Crippen LogP contribution < -0.4 is 4.18 Å². The average Bonchev–Trinajstić information content (AvgIpc) is 2.48. The normalized spacial score (nSPS) is 11.0. The van der Waals surface area contributed by atoms with E-state index in [1.54, 1.807) is 6.92 Å². The lowest BCUT2D eigenvalue weighted by molar-refractivity contribution is 0.0526. The summed E-state index contributed by atoms with van der Waals surface area (Å²) in [5.41, 5.74) is 0.286. The number of carbonyl (C=O) groups excluding carboxylic acids is 1. The van der Waals surface area contributed by atoms with Gasteiger partial charge in [0.25, 0.3) is 0 Å². The lowest BCUT2D eigenvalue weighted by Gasteiger charge is -2.07. The molecule has 7 heteroatoms. The quantitative estimate of drug-likeness (QED) is 0.625. The van der Waals surface area contributed by atoms with E-state index in [0.717, 1.165) is 24.3 Å². The van der Waals surface area contributed by atoms with E-state index in [0.29, 0.717) is 0 Å². The van der Waals surface area contributed by atoms with Crippen molar-refractivity contribution < 1.29 is 26.5 Å². The Labute approximate surface area is 127 Å². The molecule has 0 heterocycles. The molecule has 2 aromatic rings. The Bertz CT molecular complexity index is 752. The average molecular weight is 324 g/mol. The highest BCUT2D eigenvalue weighted by Gasteiger charge is 2.17. The van der Waals surface area contributed by atoms with Crippen molar-refractivity contribution in [1.82, 2.24) is 0 Å². The predicted octanol–water partition coefficient (Wildman–Crippen LogP) is 2.77. The van der Waals surface area contributed by atoms with Crippen LogP contribution >= 0.6 is 0 Å². The number of benzene rings is 2. The largest absolute Gasteiger partial charge is 0.462 e. The molecule has 116 valence electrons. The fourth-order valence-electron chi connectivity index (χ4n) is 1.64. The van der Waals surface area contributed by atoms with Crippen LogP contribution in [-0.4, -0.2) is 21.0 Å². The first-order valence-corrected chi connectivity index (χ1v) is 7.80. The van der Waals surface area contributed by atoms with Crippen LogP contribution in [0.25, 0.3) is 0 Å². The SMILES string of the molecule is CCOC(=O)c1ccc(OS(=O)(=O)c2ccc(F)cc2)cc1. The van der Waals surface area contributed by atoms with Crippen LogP contribution in [0, 0.1) is 5.82 Å². The lowest BCUT2D eigenvalue weighted by atomic mass is 10.2. The molecule has 0 aliphatic carbocycles. The fourth-order valence-corrected chi connectivity index (χ4v) is 2.57. The molecule has 0 saturated carbocycles. The molecule has 0 aromatic heterocycles.